The van der Waals surface area contributed by atoms with Crippen molar-refractivity contribution in [1.29, 1.82) is 0 Å². The fourth-order valence-electron chi connectivity index (χ4n) is 5.69. The van der Waals surface area contributed by atoms with Crippen LogP contribution in [0.1, 0.15) is 52.4 Å². The highest BCUT2D eigenvalue weighted by Gasteiger charge is 2.41. The number of fused-ring (bicyclic) bond motifs is 2. The van der Waals surface area contributed by atoms with E-state index in [1.807, 2.05) is 19.2 Å². The number of rotatable bonds is 4. The Hall–Kier alpha value is -2.62. The lowest BCUT2D eigenvalue weighted by Crippen LogP contribution is -2.43. The molecule has 2 aromatic heterocycles. The quantitative estimate of drug-likeness (QED) is 0.588. The van der Waals surface area contributed by atoms with Gasteiger partial charge in [0, 0.05) is 36.7 Å². The first kappa shape index (κ1) is 20.9. The molecule has 1 N–H and O–H groups in total. The maximum absolute atomic E-state index is 11.8. The second-order valence-corrected chi connectivity index (χ2v) is 10.4. The molecule has 2 fully saturated rings. The van der Waals surface area contributed by atoms with Crippen LogP contribution in [0, 0.1) is 12.3 Å². The largest absolute Gasteiger partial charge is 0.457 e. The molecule has 33 heavy (non-hydrogen) atoms. The van der Waals surface area contributed by atoms with Crippen LogP contribution in [0.2, 0.25) is 0 Å². The van der Waals surface area contributed by atoms with Crippen LogP contribution in [0.3, 0.4) is 0 Å². The number of β-amino-alcohol motifs (C(OH)–C–C–N with tert-alkyl or cyclic N) is 1. The van der Waals surface area contributed by atoms with E-state index in [-0.39, 0.29) is 5.97 Å². The molecule has 8 nitrogen and oxygen atoms in total. The highest BCUT2D eigenvalue weighted by Crippen LogP contribution is 2.42. The smallest absolute Gasteiger partial charge is 0.338 e. The van der Waals surface area contributed by atoms with E-state index < -0.39 is 6.10 Å². The lowest BCUT2D eigenvalue weighted by atomic mass is 9.77. The number of anilines is 1. The minimum absolute atomic E-state index is 0.264. The summed E-state index contributed by atoms with van der Waals surface area (Å²) in [6, 6.07) is 5.78. The van der Waals surface area contributed by atoms with Gasteiger partial charge >= 0.3 is 5.97 Å². The first-order valence-corrected chi connectivity index (χ1v) is 12.3. The van der Waals surface area contributed by atoms with E-state index in [1.165, 1.54) is 18.0 Å². The Kier molecular flexibility index (Phi) is 5.08. The Morgan fingerprint density at radius 3 is 2.91 bits per heavy atom. The number of carbonyl (C=O) groups excluding carboxylic acids is 1. The first-order chi connectivity index (χ1) is 16.0. The fraction of sp³-hybridized carbons (Fsp3) is 0.500. The van der Waals surface area contributed by atoms with Crippen molar-refractivity contribution in [2.24, 2.45) is 5.41 Å². The van der Waals surface area contributed by atoms with Gasteiger partial charge in [0.15, 0.2) is 4.83 Å². The molecule has 0 bridgehead atoms. The van der Waals surface area contributed by atoms with Crippen molar-refractivity contribution in [2.75, 3.05) is 37.6 Å². The van der Waals surface area contributed by atoms with Crippen molar-refractivity contribution in [2.45, 2.75) is 38.9 Å². The average molecular weight is 466 g/mol. The Balaban J connectivity index is 1.08. The zero-order chi connectivity index (χ0) is 22.6. The second kappa shape index (κ2) is 8.00. The van der Waals surface area contributed by atoms with Crippen molar-refractivity contribution in [3.8, 4) is 0 Å². The number of esters is 1. The van der Waals surface area contributed by atoms with Gasteiger partial charge in [-0.3, -0.25) is 0 Å². The van der Waals surface area contributed by atoms with Crippen LogP contribution < -0.4 is 4.90 Å². The number of nitrogens with zero attached hydrogens (tertiary/aromatic N) is 5. The summed E-state index contributed by atoms with van der Waals surface area (Å²) in [5.74, 6) is -0.264. The molecular formula is C24H27N5O3S. The third kappa shape index (κ3) is 3.68. The molecule has 3 aliphatic heterocycles. The molecule has 3 aromatic rings. The molecule has 9 heteroatoms. The van der Waals surface area contributed by atoms with Crippen LogP contribution in [0.15, 0.2) is 24.4 Å². The molecule has 1 atom stereocenters. The Labute approximate surface area is 196 Å². The van der Waals surface area contributed by atoms with Crippen LogP contribution in [0.4, 0.5) is 5.69 Å². The molecule has 0 saturated carbocycles. The maximum atomic E-state index is 11.8. The van der Waals surface area contributed by atoms with Crippen LogP contribution in [0.5, 0.6) is 0 Å². The summed E-state index contributed by atoms with van der Waals surface area (Å²) >= 11 is 1.33. The van der Waals surface area contributed by atoms with Gasteiger partial charge in [-0.25, -0.2) is 9.78 Å². The molecule has 1 spiro atoms. The summed E-state index contributed by atoms with van der Waals surface area (Å²) in [7, 11) is 0. The van der Waals surface area contributed by atoms with E-state index in [0.717, 1.165) is 71.7 Å². The van der Waals surface area contributed by atoms with Crippen molar-refractivity contribution < 1.29 is 14.6 Å². The van der Waals surface area contributed by atoms with Crippen molar-refractivity contribution in [3.05, 3.63) is 46.6 Å². The molecule has 1 aromatic carbocycles. The third-order valence-corrected chi connectivity index (χ3v) is 8.46. The van der Waals surface area contributed by atoms with E-state index in [4.69, 9.17) is 4.74 Å². The van der Waals surface area contributed by atoms with E-state index >= 15 is 0 Å². The molecule has 6 rings (SSSR count). The number of ether oxygens (including phenoxy) is 1. The van der Waals surface area contributed by atoms with Gasteiger partial charge in [0.25, 0.3) is 0 Å². The normalized spacial score (nSPS) is 21.0. The van der Waals surface area contributed by atoms with Gasteiger partial charge in [-0.15, -0.1) is 5.10 Å². The molecule has 172 valence electrons. The number of aliphatic hydroxyl groups excluding tert-OH is 1. The number of likely N-dealkylation sites (tertiary alicyclic amines) is 1. The number of hydrogen-bond acceptors (Lipinski definition) is 9. The summed E-state index contributed by atoms with van der Waals surface area (Å²) in [6.45, 7) is 6.98. The molecule has 5 heterocycles. The standard InChI is InChI=1S/C24H27N5O3S/c1-15-17(2-3-18-19(15)13-32-23(18)31)21(30)12-28-7-4-24(5-8-28)6-9-29(14-24)16-10-20-22(25-11-16)33-27-26-20/h2-3,10-11,21,30H,4-9,12-14H2,1H3/t21-/m0/s1. The second-order valence-electron chi connectivity index (χ2n) is 9.66. The van der Waals surface area contributed by atoms with Gasteiger partial charge in [0.2, 0.25) is 0 Å². The van der Waals surface area contributed by atoms with E-state index in [2.05, 4.69) is 30.4 Å². The summed E-state index contributed by atoms with van der Waals surface area (Å²) in [6.07, 6.45) is 4.84. The minimum atomic E-state index is -0.565. The highest BCUT2D eigenvalue weighted by molar-refractivity contribution is 7.12. The highest BCUT2D eigenvalue weighted by atomic mass is 32.1. The average Bonchev–Trinajstić information content (AvgIpc) is 3.55. The number of piperidine rings is 1. The zero-order valence-corrected chi connectivity index (χ0v) is 19.5. The van der Waals surface area contributed by atoms with Gasteiger partial charge in [-0.1, -0.05) is 10.6 Å². The van der Waals surface area contributed by atoms with E-state index in [9.17, 15) is 9.90 Å². The number of aliphatic hydroxyl groups is 1. The van der Waals surface area contributed by atoms with Crippen LogP contribution in [-0.4, -0.2) is 63.3 Å². The summed E-state index contributed by atoms with van der Waals surface area (Å²) in [5.41, 5.74) is 5.78. The van der Waals surface area contributed by atoms with Crippen LogP contribution >= 0.6 is 11.5 Å². The van der Waals surface area contributed by atoms with Gasteiger partial charge in [0.05, 0.1) is 23.6 Å². The molecule has 2 saturated heterocycles. The molecular weight excluding hydrogens is 438 g/mol. The summed E-state index contributed by atoms with van der Waals surface area (Å²) in [5, 5.41) is 15.1. The number of aromatic nitrogens is 3. The monoisotopic (exact) mass is 465 g/mol. The predicted molar refractivity (Wildman–Crippen MR) is 125 cm³/mol. The number of pyridine rings is 1. The molecule has 0 unspecified atom stereocenters. The Morgan fingerprint density at radius 1 is 1.24 bits per heavy atom. The van der Waals surface area contributed by atoms with Crippen molar-refractivity contribution in [1.82, 2.24) is 19.5 Å². The zero-order valence-electron chi connectivity index (χ0n) is 18.7. The van der Waals surface area contributed by atoms with Crippen LogP contribution in [-0.2, 0) is 11.3 Å². The molecule has 0 amide bonds. The number of carbonyl (C=O) groups is 1. The topological polar surface area (TPSA) is 91.7 Å². The maximum Gasteiger partial charge on any atom is 0.338 e. The lowest BCUT2D eigenvalue weighted by molar-refractivity contribution is 0.0534. The SMILES string of the molecule is Cc1c([C@@H](O)CN2CCC3(CC2)CCN(c2cnc4snnc4c2)C3)ccc2c1COC2=O. The first-order valence-electron chi connectivity index (χ1n) is 11.5. The third-order valence-electron chi connectivity index (χ3n) is 7.81. The Morgan fingerprint density at radius 2 is 2.06 bits per heavy atom. The summed E-state index contributed by atoms with van der Waals surface area (Å²) in [4.78, 5) is 22.0. The number of cyclic esters (lactones) is 1. The Bertz CT molecular complexity index is 1220. The van der Waals surface area contributed by atoms with Crippen molar-refractivity contribution in [3.63, 3.8) is 0 Å². The summed E-state index contributed by atoms with van der Waals surface area (Å²) < 4.78 is 9.15. The molecule has 0 radical (unpaired) electrons. The van der Waals surface area contributed by atoms with Crippen LogP contribution in [0.25, 0.3) is 10.3 Å². The molecule has 0 aliphatic carbocycles. The number of hydrogen-bond donors (Lipinski definition) is 1. The predicted octanol–water partition coefficient (Wildman–Crippen LogP) is 3.09. The molecule has 3 aliphatic rings. The van der Waals surface area contributed by atoms with Crippen molar-refractivity contribution >= 4 is 33.5 Å². The van der Waals surface area contributed by atoms with Gasteiger partial charge in [0.1, 0.15) is 12.1 Å². The van der Waals surface area contributed by atoms with E-state index in [1.54, 1.807) is 6.07 Å². The van der Waals surface area contributed by atoms with Gasteiger partial charge < -0.3 is 19.6 Å². The van der Waals surface area contributed by atoms with E-state index in [0.29, 0.717) is 24.1 Å². The number of benzene rings is 1. The lowest BCUT2D eigenvalue weighted by Gasteiger charge is -2.40. The van der Waals surface area contributed by atoms with Gasteiger partial charge in [-0.05, 0) is 68.0 Å². The minimum Gasteiger partial charge on any atom is -0.457 e. The van der Waals surface area contributed by atoms with Gasteiger partial charge in [-0.2, -0.15) is 0 Å². The fourth-order valence-corrected chi connectivity index (χ4v) is 6.19.